The summed E-state index contributed by atoms with van der Waals surface area (Å²) in [4.78, 5) is 5.85. The highest BCUT2D eigenvalue weighted by Gasteiger charge is 2.42. The average Bonchev–Trinajstić information content (AvgIpc) is 3.33. The summed E-state index contributed by atoms with van der Waals surface area (Å²) in [6, 6.07) is 17.5. The van der Waals surface area contributed by atoms with Crippen LogP contribution >= 0.6 is 23.5 Å². The van der Waals surface area contributed by atoms with E-state index in [1.807, 2.05) is 30.4 Å². The number of hydrogen-bond donors (Lipinski definition) is 2. The van der Waals surface area contributed by atoms with E-state index in [0.29, 0.717) is 11.7 Å². The number of thioether (sulfide) groups is 2. The van der Waals surface area contributed by atoms with Crippen molar-refractivity contribution in [3.8, 4) is 23.0 Å². The van der Waals surface area contributed by atoms with Gasteiger partial charge < -0.3 is 14.8 Å². The van der Waals surface area contributed by atoms with Crippen LogP contribution < -0.4 is 0 Å². The number of aromatic nitrogens is 4. The molecule has 3 unspecified atom stereocenters. The molecule has 0 amide bonds. The summed E-state index contributed by atoms with van der Waals surface area (Å²) in [6.07, 6.45) is 9.62. The quantitative estimate of drug-likeness (QED) is 0.189. The Balaban J connectivity index is 0.00000158. The third kappa shape index (κ3) is 6.32. The zero-order valence-electron chi connectivity index (χ0n) is 23.2. The lowest BCUT2D eigenvalue weighted by Gasteiger charge is -2.39. The maximum Gasteiger partial charge on any atom is 0.165 e. The molecule has 2 aliphatic rings. The largest absolute Gasteiger partial charge is 0.400 e. The molecule has 0 bridgehead atoms. The first-order chi connectivity index (χ1) is 19.4. The average molecular weight is 574 g/mol. The van der Waals surface area contributed by atoms with Gasteiger partial charge in [0, 0.05) is 69.4 Å². The van der Waals surface area contributed by atoms with Crippen LogP contribution in [0.25, 0.3) is 11.1 Å². The van der Waals surface area contributed by atoms with Crippen molar-refractivity contribution in [1.29, 1.82) is 0 Å². The molecule has 2 fully saturated rings. The highest BCUT2D eigenvalue weighted by molar-refractivity contribution is 8.07. The zero-order valence-corrected chi connectivity index (χ0v) is 24.9. The van der Waals surface area contributed by atoms with E-state index in [1.165, 1.54) is 34.0 Å². The van der Waals surface area contributed by atoms with Gasteiger partial charge in [0.1, 0.15) is 5.37 Å². The standard InChI is InChI=1S/C30H31N5OS2.CH4O/c1-30(36,37-3)29-31-14-15-35(29)28-27(38-28)13-6-21-4-7-23(8-5-21)24-9-11-25(12-10-24)26-19-34(20-26)18-22-16-32-33(2)17-22;1-2/h4-5,7-12,14-17,26-28,36H,18-20H2,1-3H3;2H,1H3. The monoisotopic (exact) mass is 573 g/mol. The normalized spacial score (nSPS) is 19.9. The number of imidazole rings is 1. The fraction of sp³-hybridized carbons (Fsp3) is 0.355. The molecule has 9 heteroatoms. The third-order valence-corrected chi connectivity index (χ3v) is 9.41. The van der Waals surface area contributed by atoms with Gasteiger partial charge in [0.05, 0.1) is 11.4 Å². The fourth-order valence-electron chi connectivity index (χ4n) is 4.96. The van der Waals surface area contributed by atoms with Gasteiger partial charge in [0.25, 0.3) is 0 Å². The van der Waals surface area contributed by atoms with Gasteiger partial charge in [-0.2, -0.15) is 5.10 Å². The van der Waals surface area contributed by atoms with Gasteiger partial charge in [0.15, 0.2) is 10.8 Å². The number of aliphatic hydroxyl groups is 2. The summed E-state index contributed by atoms with van der Waals surface area (Å²) < 4.78 is 3.92. The van der Waals surface area contributed by atoms with E-state index < -0.39 is 4.93 Å². The van der Waals surface area contributed by atoms with Crippen molar-refractivity contribution in [2.24, 2.45) is 7.05 Å². The lowest BCUT2D eigenvalue weighted by molar-refractivity contribution is 0.139. The second kappa shape index (κ2) is 12.2. The van der Waals surface area contributed by atoms with Crippen molar-refractivity contribution in [3.63, 3.8) is 0 Å². The van der Waals surface area contributed by atoms with E-state index in [0.717, 1.165) is 32.3 Å². The Morgan fingerprint density at radius 1 is 1.07 bits per heavy atom. The second-order valence-corrected chi connectivity index (χ2v) is 12.6. The number of nitrogens with zero attached hydrogens (tertiary/aromatic N) is 5. The van der Waals surface area contributed by atoms with Gasteiger partial charge in [-0.1, -0.05) is 48.2 Å². The van der Waals surface area contributed by atoms with Gasteiger partial charge in [-0.3, -0.25) is 9.58 Å². The van der Waals surface area contributed by atoms with Crippen LogP contribution in [0.4, 0.5) is 0 Å². The van der Waals surface area contributed by atoms with E-state index in [9.17, 15) is 5.11 Å². The maximum atomic E-state index is 10.6. The van der Waals surface area contributed by atoms with E-state index >= 15 is 0 Å². The Morgan fingerprint density at radius 3 is 2.38 bits per heavy atom. The predicted octanol–water partition coefficient (Wildman–Crippen LogP) is 4.69. The van der Waals surface area contributed by atoms with Crippen LogP contribution in [-0.4, -0.2) is 66.1 Å². The van der Waals surface area contributed by atoms with Crippen LogP contribution in [-0.2, 0) is 18.5 Å². The molecule has 2 N–H and O–H groups in total. The van der Waals surface area contributed by atoms with Crippen LogP contribution in [0.1, 0.15) is 40.7 Å². The molecule has 40 heavy (non-hydrogen) atoms. The molecule has 2 aliphatic heterocycles. The number of rotatable bonds is 7. The molecule has 0 spiro atoms. The zero-order chi connectivity index (χ0) is 28.3. The van der Waals surface area contributed by atoms with Crippen LogP contribution in [0, 0.1) is 11.8 Å². The van der Waals surface area contributed by atoms with Crippen molar-refractivity contribution in [2.45, 2.75) is 34.9 Å². The van der Waals surface area contributed by atoms with Crippen LogP contribution in [0.3, 0.4) is 0 Å². The summed E-state index contributed by atoms with van der Waals surface area (Å²) in [7, 11) is 2.96. The van der Waals surface area contributed by atoms with Gasteiger partial charge in [-0.05, 0) is 42.0 Å². The van der Waals surface area contributed by atoms with Gasteiger partial charge >= 0.3 is 0 Å². The van der Waals surface area contributed by atoms with Crippen molar-refractivity contribution in [1.82, 2.24) is 24.2 Å². The van der Waals surface area contributed by atoms with Gasteiger partial charge in [-0.15, -0.1) is 23.5 Å². The number of aliphatic hydroxyl groups excluding tert-OH is 1. The molecule has 2 saturated heterocycles. The fourth-order valence-corrected chi connectivity index (χ4v) is 6.14. The highest BCUT2D eigenvalue weighted by Crippen LogP contribution is 2.52. The number of likely N-dealkylation sites (tertiary alicyclic amines) is 1. The maximum absolute atomic E-state index is 10.6. The molecular formula is C31H35N5O2S2. The molecule has 3 atom stereocenters. The Labute approximate surface area is 244 Å². The summed E-state index contributed by atoms with van der Waals surface area (Å²) >= 11 is 3.17. The highest BCUT2D eigenvalue weighted by atomic mass is 32.2. The molecule has 0 saturated carbocycles. The first-order valence-electron chi connectivity index (χ1n) is 13.2. The topological polar surface area (TPSA) is 79.3 Å². The van der Waals surface area contributed by atoms with E-state index in [2.05, 4.69) is 86.1 Å². The minimum absolute atomic E-state index is 0.203. The Morgan fingerprint density at radius 2 is 1.75 bits per heavy atom. The van der Waals surface area contributed by atoms with Crippen LogP contribution in [0.5, 0.6) is 0 Å². The first-order valence-corrected chi connectivity index (χ1v) is 15.4. The molecule has 2 aromatic heterocycles. The minimum Gasteiger partial charge on any atom is -0.400 e. The number of benzene rings is 2. The van der Waals surface area contributed by atoms with Gasteiger partial charge in [-0.25, -0.2) is 4.98 Å². The summed E-state index contributed by atoms with van der Waals surface area (Å²) in [5, 5.41) is 22.3. The SMILES string of the molecule is CO.CSC(C)(O)c1nccn1C1SC1C#Cc1ccc(-c2ccc(C3CN(Cc4cnn(C)c4)C3)cc2)cc1. The van der Waals surface area contributed by atoms with E-state index in [-0.39, 0.29) is 10.6 Å². The van der Waals surface area contributed by atoms with Crippen molar-refractivity contribution in [2.75, 3.05) is 26.5 Å². The molecule has 0 radical (unpaired) electrons. The molecule has 4 aromatic rings. The van der Waals surface area contributed by atoms with Crippen LogP contribution in [0.2, 0.25) is 0 Å². The Bertz CT molecular complexity index is 1480. The summed E-state index contributed by atoms with van der Waals surface area (Å²) in [5.41, 5.74) is 6.14. The number of hydrogen-bond acceptors (Lipinski definition) is 7. The molecule has 6 rings (SSSR count). The molecule has 7 nitrogen and oxygen atoms in total. The second-order valence-electron chi connectivity index (χ2n) is 10.2. The smallest absolute Gasteiger partial charge is 0.165 e. The summed E-state index contributed by atoms with van der Waals surface area (Å²) in [5.74, 6) is 8.00. The van der Waals surface area contributed by atoms with Crippen LogP contribution in [0.15, 0.2) is 73.3 Å². The van der Waals surface area contributed by atoms with Gasteiger partial charge in [0.2, 0.25) is 0 Å². The Kier molecular flexibility index (Phi) is 8.74. The molecule has 208 valence electrons. The predicted molar refractivity (Wildman–Crippen MR) is 164 cm³/mol. The molecular weight excluding hydrogens is 539 g/mol. The van der Waals surface area contributed by atoms with Crippen molar-refractivity contribution in [3.05, 3.63) is 95.8 Å². The lowest BCUT2D eigenvalue weighted by atomic mass is 9.90. The number of aryl methyl sites for hydroxylation is 1. The first kappa shape index (κ1) is 28.5. The van der Waals surface area contributed by atoms with E-state index in [1.54, 1.807) is 24.9 Å². The molecule has 2 aromatic carbocycles. The van der Waals surface area contributed by atoms with Crippen molar-refractivity contribution >= 4 is 23.5 Å². The third-order valence-electron chi connectivity index (χ3n) is 7.30. The Hall–Kier alpha value is -3.00. The molecule has 4 heterocycles. The minimum atomic E-state index is -1.00. The van der Waals surface area contributed by atoms with E-state index in [4.69, 9.17) is 5.11 Å². The van der Waals surface area contributed by atoms with Crippen molar-refractivity contribution < 1.29 is 10.2 Å². The summed E-state index contributed by atoms with van der Waals surface area (Å²) in [6.45, 7) is 4.95. The molecule has 0 aliphatic carbocycles. The lowest BCUT2D eigenvalue weighted by Crippen LogP contribution is -2.44.